The highest BCUT2D eigenvalue weighted by Crippen LogP contribution is 2.60. The van der Waals surface area contributed by atoms with Crippen LogP contribution >= 0.6 is 11.8 Å². The molecule has 0 atom stereocenters. The van der Waals surface area contributed by atoms with Crippen LogP contribution in [0.15, 0.2) is 53.7 Å². The Hall–Kier alpha value is -2.80. The van der Waals surface area contributed by atoms with Crippen molar-refractivity contribution in [2.24, 2.45) is 23.2 Å². The van der Waals surface area contributed by atoms with Gasteiger partial charge in [0.15, 0.2) is 11.0 Å². The summed E-state index contributed by atoms with van der Waals surface area (Å²) in [6.45, 7) is 2.49. The maximum atomic E-state index is 13.6. The van der Waals surface area contributed by atoms with Crippen LogP contribution in [0.2, 0.25) is 0 Å². The van der Waals surface area contributed by atoms with Crippen molar-refractivity contribution in [3.8, 4) is 11.4 Å². The van der Waals surface area contributed by atoms with Crippen LogP contribution in [-0.4, -0.2) is 27.8 Å². The average Bonchev–Trinajstić information content (AvgIpc) is 3.28. The zero-order valence-corrected chi connectivity index (χ0v) is 21.9. The van der Waals surface area contributed by atoms with Gasteiger partial charge in [0.25, 0.3) is 0 Å². The van der Waals surface area contributed by atoms with Crippen molar-refractivity contribution in [3.05, 3.63) is 65.5 Å². The summed E-state index contributed by atoms with van der Waals surface area (Å²) in [6, 6.07) is 16.5. The Morgan fingerprint density at radius 3 is 2.39 bits per heavy atom. The summed E-state index contributed by atoms with van der Waals surface area (Å²) in [4.78, 5) is 13.6. The van der Waals surface area contributed by atoms with Crippen LogP contribution in [0.3, 0.4) is 0 Å². The topological polar surface area (TPSA) is 69.0 Å². The van der Waals surface area contributed by atoms with E-state index in [9.17, 15) is 4.79 Å². The molecule has 4 bridgehead atoms. The number of nitrogens with one attached hydrogen (secondary N) is 1. The number of benzene rings is 2. The fourth-order valence-electron chi connectivity index (χ4n) is 7.18. The van der Waals surface area contributed by atoms with Gasteiger partial charge in [0, 0.05) is 16.9 Å². The first-order valence-electron chi connectivity index (χ1n) is 13.1. The van der Waals surface area contributed by atoms with E-state index in [1.54, 1.807) is 18.9 Å². The van der Waals surface area contributed by atoms with Crippen LogP contribution in [0.4, 0.5) is 0 Å². The molecule has 0 spiro atoms. The van der Waals surface area contributed by atoms with Crippen molar-refractivity contribution < 1.29 is 9.53 Å². The van der Waals surface area contributed by atoms with Gasteiger partial charge in [-0.1, -0.05) is 41.6 Å². The molecule has 7 rings (SSSR count). The third kappa shape index (κ3) is 4.54. The van der Waals surface area contributed by atoms with Gasteiger partial charge in [0.2, 0.25) is 5.91 Å². The molecule has 36 heavy (non-hydrogen) atoms. The molecule has 0 saturated heterocycles. The Labute approximate surface area is 217 Å². The molecule has 1 heterocycles. The fraction of sp³-hybridized carbons (Fsp3) is 0.483. The van der Waals surface area contributed by atoms with Crippen LogP contribution in [0.5, 0.6) is 5.75 Å². The van der Waals surface area contributed by atoms with Crippen molar-refractivity contribution in [2.75, 3.05) is 7.11 Å². The molecule has 188 valence electrons. The van der Waals surface area contributed by atoms with E-state index in [2.05, 4.69) is 51.3 Å². The van der Waals surface area contributed by atoms with Crippen molar-refractivity contribution in [3.63, 3.8) is 0 Å². The van der Waals surface area contributed by atoms with Gasteiger partial charge in [-0.25, -0.2) is 0 Å². The van der Waals surface area contributed by atoms with Gasteiger partial charge in [-0.15, -0.1) is 10.2 Å². The molecule has 7 heteroatoms. The normalized spacial score (nSPS) is 26.2. The summed E-state index contributed by atoms with van der Waals surface area (Å²) in [7, 11) is 1.67. The van der Waals surface area contributed by atoms with E-state index < -0.39 is 0 Å². The molecule has 3 aromatic rings. The Bertz CT molecular complexity index is 1220. The monoisotopic (exact) mass is 502 g/mol. The molecule has 2 aromatic carbocycles. The lowest BCUT2D eigenvalue weighted by Gasteiger charge is -2.55. The summed E-state index contributed by atoms with van der Waals surface area (Å²) in [6.07, 6.45) is 7.19. The number of hydrogen-bond acceptors (Lipinski definition) is 5. The molecule has 4 aliphatic carbocycles. The van der Waals surface area contributed by atoms with Gasteiger partial charge in [-0.3, -0.25) is 9.36 Å². The van der Waals surface area contributed by atoms with Crippen molar-refractivity contribution in [1.29, 1.82) is 0 Å². The lowest BCUT2D eigenvalue weighted by molar-refractivity contribution is -0.146. The third-order valence-corrected chi connectivity index (χ3v) is 9.41. The standard InChI is InChI=1S/C29H34N4O2S/c1-19-4-3-5-20(10-19)18-36-28-32-31-26(33(28)24-6-8-25(35-2)9-7-24)17-30-27(34)29-14-21-11-22(15-29)13-23(12-21)16-29/h3-10,21-23H,11-18H2,1-2H3,(H,30,34). The minimum Gasteiger partial charge on any atom is -0.497 e. The summed E-state index contributed by atoms with van der Waals surface area (Å²) in [5.41, 5.74) is 3.30. The minimum atomic E-state index is -0.164. The van der Waals surface area contributed by atoms with E-state index in [4.69, 9.17) is 4.74 Å². The number of rotatable bonds is 8. The number of aryl methyl sites for hydroxylation is 1. The number of hydrogen-bond donors (Lipinski definition) is 1. The predicted molar refractivity (Wildman–Crippen MR) is 141 cm³/mol. The van der Waals surface area contributed by atoms with E-state index in [1.165, 1.54) is 30.4 Å². The number of carbonyl (C=O) groups is 1. The predicted octanol–water partition coefficient (Wildman–Crippen LogP) is 5.71. The Morgan fingerprint density at radius 1 is 1.06 bits per heavy atom. The highest BCUT2D eigenvalue weighted by atomic mass is 32.2. The van der Waals surface area contributed by atoms with Crippen molar-refractivity contribution in [1.82, 2.24) is 20.1 Å². The highest BCUT2D eigenvalue weighted by Gasteiger charge is 2.54. The van der Waals surface area contributed by atoms with Crippen molar-refractivity contribution in [2.45, 2.75) is 62.9 Å². The van der Waals surface area contributed by atoms with Crippen LogP contribution in [0, 0.1) is 30.1 Å². The van der Waals surface area contributed by atoms with Crippen molar-refractivity contribution >= 4 is 17.7 Å². The highest BCUT2D eigenvalue weighted by molar-refractivity contribution is 7.98. The first-order chi connectivity index (χ1) is 17.5. The quantitative estimate of drug-likeness (QED) is 0.400. The first kappa shape index (κ1) is 23.6. The van der Waals surface area contributed by atoms with E-state index in [0.29, 0.717) is 6.54 Å². The molecule has 1 aromatic heterocycles. The summed E-state index contributed by atoms with van der Waals surface area (Å²) in [5, 5.41) is 13.2. The van der Waals surface area contributed by atoms with Gasteiger partial charge in [0.1, 0.15) is 5.75 Å². The van der Waals surface area contributed by atoms with E-state index >= 15 is 0 Å². The molecule has 4 aliphatic rings. The van der Waals surface area contributed by atoms with E-state index in [0.717, 1.165) is 65.2 Å². The average molecular weight is 503 g/mol. The number of aromatic nitrogens is 3. The molecular weight excluding hydrogens is 468 g/mol. The largest absolute Gasteiger partial charge is 0.497 e. The fourth-order valence-corrected chi connectivity index (χ4v) is 8.10. The summed E-state index contributed by atoms with van der Waals surface area (Å²) < 4.78 is 7.43. The SMILES string of the molecule is COc1ccc(-n2c(CNC(=O)C34CC5CC(CC(C5)C3)C4)nnc2SCc2cccc(C)c2)cc1. The number of thioether (sulfide) groups is 1. The third-order valence-electron chi connectivity index (χ3n) is 8.41. The Morgan fingerprint density at radius 2 is 1.75 bits per heavy atom. The molecule has 1 N–H and O–H groups in total. The Balaban J connectivity index is 1.23. The van der Waals surface area contributed by atoms with Gasteiger partial charge in [0.05, 0.1) is 13.7 Å². The maximum Gasteiger partial charge on any atom is 0.226 e. The molecule has 0 aliphatic heterocycles. The zero-order valence-electron chi connectivity index (χ0n) is 21.1. The van der Waals surface area contributed by atoms with E-state index in [-0.39, 0.29) is 11.3 Å². The maximum absolute atomic E-state index is 13.6. The van der Waals surface area contributed by atoms with Gasteiger partial charge in [-0.2, -0.15) is 0 Å². The lowest BCUT2D eigenvalue weighted by Crippen LogP contribution is -2.53. The van der Waals surface area contributed by atoms with Gasteiger partial charge >= 0.3 is 0 Å². The number of ether oxygens (including phenoxy) is 1. The number of carbonyl (C=O) groups excluding carboxylic acids is 1. The van der Waals surface area contributed by atoms with E-state index in [1.807, 2.05) is 24.3 Å². The molecule has 4 saturated carbocycles. The zero-order chi connectivity index (χ0) is 24.7. The molecule has 6 nitrogen and oxygen atoms in total. The van der Waals surface area contributed by atoms with Gasteiger partial charge in [-0.05, 0) is 93.0 Å². The lowest BCUT2D eigenvalue weighted by atomic mass is 9.49. The minimum absolute atomic E-state index is 0.164. The second kappa shape index (κ2) is 9.58. The molecule has 1 amide bonds. The second-order valence-electron chi connectivity index (χ2n) is 11.1. The molecule has 0 radical (unpaired) electrons. The number of amides is 1. The Kier molecular flexibility index (Phi) is 6.28. The smallest absolute Gasteiger partial charge is 0.226 e. The van der Waals surface area contributed by atoms with Crippen LogP contribution in [-0.2, 0) is 17.1 Å². The first-order valence-corrected chi connectivity index (χ1v) is 14.1. The molecular formula is C29H34N4O2S. The second-order valence-corrected chi connectivity index (χ2v) is 12.0. The number of methoxy groups -OCH3 is 1. The summed E-state index contributed by atoms with van der Waals surface area (Å²) in [5.74, 6) is 4.82. The number of nitrogens with zero attached hydrogens (tertiary/aromatic N) is 3. The van der Waals surface area contributed by atoms with Gasteiger partial charge < -0.3 is 10.1 Å². The van der Waals surface area contributed by atoms with Crippen LogP contribution in [0.25, 0.3) is 5.69 Å². The summed E-state index contributed by atoms with van der Waals surface area (Å²) >= 11 is 1.66. The van der Waals surface area contributed by atoms with Crippen LogP contribution < -0.4 is 10.1 Å². The molecule has 0 unspecified atom stereocenters. The van der Waals surface area contributed by atoms with Crippen LogP contribution in [0.1, 0.15) is 55.5 Å². The molecule has 4 fully saturated rings.